The van der Waals surface area contributed by atoms with Crippen molar-refractivity contribution in [1.29, 1.82) is 0 Å². The number of hydrogen-bond donors (Lipinski definition) is 0. The predicted molar refractivity (Wildman–Crippen MR) is 146 cm³/mol. The van der Waals surface area contributed by atoms with E-state index in [1.54, 1.807) is 0 Å². The summed E-state index contributed by atoms with van der Waals surface area (Å²) in [6.45, 7) is 5.22. The Balaban J connectivity index is 1.45. The molecule has 1 unspecified atom stereocenters. The standard InChI is InChI=1S/C31H41FN2O2/c1-3-5-7-8-9-11-21-35-29-17-13-25(14-18-29)27-22-33-31(34-23-27)26-15-19-30(20-16-26)36-24-28(32)12-10-6-4-2/h13-20,22-23,28H,3-12,21,24H2,1-2H3. The fourth-order valence-corrected chi connectivity index (χ4v) is 4.03. The molecule has 0 bridgehead atoms. The molecule has 3 rings (SSSR count). The molecular formula is C31H41FN2O2. The Bertz CT molecular complexity index is 975. The molecule has 1 atom stereocenters. The van der Waals surface area contributed by atoms with Crippen LogP contribution in [-0.2, 0) is 0 Å². The van der Waals surface area contributed by atoms with Gasteiger partial charge in [-0.05, 0) is 54.8 Å². The highest BCUT2D eigenvalue weighted by Gasteiger charge is 2.08. The lowest BCUT2D eigenvalue weighted by molar-refractivity contribution is 0.184. The molecule has 0 spiro atoms. The molecule has 1 aromatic heterocycles. The molecule has 0 saturated heterocycles. The number of unbranched alkanes of at least 4 members (excludes halogenated alkanes) is 7. The quantitative estimate of drug-likeness (QED) is 0.177. The fourth-order valence-electron chi connectivity index (χ4n) is 4.03. The average molecular weight is 493 g/mol. The van der Waals surface area contributed by atoms with Gasteiger partial charge in [0, 0.05) is 23.5 Å². The molecule has 1 heterocycles. The largest absolute Gasteiger partial charge is 0.494 e. The van der Waals surface area contributed by atoms with Crippen LogP contribution < -0.4 is 9.47 Å². The maximum Gasteiger partial charge on any atom is 0.159 e. The zero-order valence-electron chi connectivity index (χ0n) is 21.9. The number of aromatic nitrogens is 2. The molecule has 2 aromatic carbocycles. The summed E-state index contributed by atoms with van der Waals surface area (Å²) in [6.07, 6.45) is 13.9. The van der Waals surface area contributed by atoms with E-state index in [9.17, 15) is 4.39 Å². The van der Waals surface area contributed by atoms with Gasteiger partial charge in [-0.15, -0.1) is 0 Å². The number of rotatable bonds is 17. The summed E-state index contributed by atoms with van der Waals surface area (Å²) in [7, 11) is 0. The summed E-state index contributed by atoms with van der Waals surface area (Å²) in [5.41, 5.74) is 2.90. The third-order valence-electron chi connectivity index (χ3n) is 6.27. The molecule has 0 aliphatic rings. The van der Waals surface area contributed by atoms with Crippen molar-refractivity contribution in [3.8, 4) is 34.0 Å². The first kappa shape index (κ1) is 27.6. The first-order chi connectivity index (χ1) is 17.7. The third-order valence-corrected chi connectivity index (χ3v) is 6.27. The maximum absolute atomic E-state index is 13.9. The van der Waals surface area contributed by atoms with E-state index in [1.807, 2.05) is 60.9 Å². The summed E-state index contributed by atoms with van der Waals surface area (Å²) >= 11 is 0. The van der Waals surface area contributed by atoms with E-state index < -0.39 is 6.17 Å². The molecule has 0 aliphatic carbocycles. The van der Waals surface area contributed by atoms with Gasteiger partial charge in [-0.3, -0.25) is 0 Å². The van der Waals surface area contributed by atoms with E-state index in [-0.39, 0.29) is 6.61 Å². The smallest absolute Gasteiger partial charge is 0.159 e. The molecule has 0 saturated carbocycles. The van der Waals surface area contributed by atoms with Crippen molar-refractivity contribution in [2.45, 2.75) is 84.2 Å². The second-order valence-electron chi connectivity index (χ2n) is 9.36. The van der Waals surface area contributed by atoms with E-state index in [0.717, 1.165) is 54.7 Å². The normalized spacial score (nSPS) is 11.9. The van der Waals surface area contributed by atoms with Crippen LogP contribution in [0, 0.1) is 0 Å². The predicted octanol–water partition coefficient (Wildman–Crippen LogP) is 8.85. The lowest BCUT2D eigenvalue weighted by Crippen LogP contribution is -2.12. The van der Waals surface area contributed by atoms with Crippen LogP contribution in [0.1, 0.15) is 78.1 Å². The van der Waals surface area contributed by atoms with Gasteiger partial charge in [0.15, 0.2) is 5.82 Å². The van der Waals surface area contributed by atoms with Gasteiger partial charge in [0.2, 0.25) is 0 Å². The van der Waals surface area contributed by atoms with Crippen LogP contribution >= 0.6 is 0 Å². The Morgan fingerprint density at radius 2 is 1.19 bits per heavy atom. The highest BCUT2D eigenvalue weighted by atomic mass is 19.1. The van der Waals surface area contributed by atoms with Crippen molar-refractivity contribution < 1.29 is 13.9 Å². The van der Waals surface area contributed by atoms with E-state index in [1.165, 1.54) is 32.1 Å². The molecule has 0 fully saturated rings. The van der Waals surface area contributed by atoms with Gasteiger partial charge in [-0.2, -0.15) is 0 Å². The summed E-state index contributed by atoms with van der Waals surface area (Å²) in [5.74, 6) is 2.20. The Labute approximate surface area is 216 Å². The van der Waals surface area contributed by atoms with E-state index in [4.69, 9.17) is 9.47 Å². The lowest BCUT2D eigenvalue weighted by Gasteiger charge is -2.11. The van der Waals surface area contributed by atoms with Crippen LogP contribution in [0.2, 0.25) is 0 Å². The fraction of sp³-hybridized carbons (Fsp3) is 0.484. The number of benzene rings is 2. The number of halogens is 1. The number of ether oxygens (including phenoxy) is 2. The van der Waals surface area contributed by atoms with Gasteiger partial charge < -0.3 is 9.47 Å². The zero-order chi connectivity index (χ0) is 25.4. The highest BCUT2D eigenvalue weighted by Crippen LogP contribution is 2.24. The molecule has 0 radical (unpaired) electrons. The monoisotopic (exact) mass is 492 g/mol. The molecule has 0 aliphatic heterocycles. The molecule has 4 nitrogen and oxygen atoms in total. The third kappa shape index (κ3) is 9.60. The van der Waals surface area contributed by atoms with Crippen LogP contribution in [0.15, 0.2) is 60.9 Å². The molecule has 5 heteroatoms. The summed E-state index contributed by atoms with van der Waals surface area (Å²) in [4.78, 5) is 9.08. The first-order valence-electron chi connectivity index (χ1n) is 13.6. The Hall–Kier alpha value is -2.95. The van der Waals surface area contributed by atoms with Gasteiger partial charge in [0.1, 0.15) is 24.3 Å². The van der Waals surface area contributed by atoms with Gasteiger partial charge >= 0.3 is 0 Å². The van der Waals surface area contributed by atoms with E-state index in [2.05, 4.69) is 23.8 Å². The maximum atomic E-state index is 13.9. The summed E-state index contributed by atoms with van der Waals surface area (Å²) in [5, 5.41) is 0. The molecule has 36 heavy (non-hydrogen) atoms. The minimum absolute atomic E-state index is 0.0944. The van der Waals surface area contributed by atoms with Gasteiger partial charge in [-0.25, -0.2) is 14.4 Å². The van der Waals surface area contributed by atoms with Crippen molar-refractivity contribution in [1.82, 2.24) is 9.97 Å². The van der Waals surface area contributed by atoms with Gasteiger partial charge in [0.25, 0.3) is 0 Å². The van der Waals surface area contributed by atoms with Crippen LogP contribution in [-0.4, -0.2) is 29.4 Å². The summed E-state index contributed by atoms with van der Waals surface area (Å²) < 4.78 is 25.4. The number of nitrogens with zero attached hydrogens (tertiary/aromatic N) is 2. The average Bonchev–Trinajstić information content (AvgIpc) is 2.92. The van der Waals surface area contributed by atoms with E-state index >= 15 is 0 Å². The number of alkyl halides is 1. The van der Waals surface area contributed by atoms with Crippen molar-refractivity contribution in [2.75, 3.05) is 13.2 Å². The van der Waals surface area contributed by atoms with E-state index in [0.29, 0.717) is 18.0 Å². The topological polar surface area (TPSA) is 44.2 Å². The van der Waals surface area contributed by atoms with Crippen LogP contribution in [0.5, 0.6) is 11.5 Å². The SMILES string of the molecule is CCCCCCCCOc1ccc(-c2cnc(-c3ccc(OCC(F)CCCCC)cc3)nc2)cc1. The molecule has 0 N–H and O–H groups in total. The molecule has 194 valence electrons. The van der Waals surface area contributed by atoms with Crippen LogP contribution in [0.25, 0.3) is 22.5 Å². The van der Waals surface area contributed by atoms with Crippen LogP contribution in [0.4, 0.5) is 4.39 Å². The van der Waals surface area contributed by atoms with Crippen molar-refractivity contribution in [3.63, 3.8) is 0 Å². The molecule has 0 amide bonds. The van der Waals surface area contributed by atoms with Crippen molar-refractivity contribution in [2.24, 2.45) is 0 Å². The van der Waals surface area contributed by atoms with Gasteiger partial charge in [-0.1, -0.05) is 77.3 Å². The Morgan fingerprint density at radius 1 is 0.639 bits per heavy atom. The second-order valence-corrected chi connectivity index (χ2v) is 9.36. The highest BCUT2D eigenvalue weighted by molar-refractivity contribution is 5.64. The molecular weight excluding hydrogens is 451 g/mol. The second kappa shape index (κ2) is 15.9. The van der Waals surface area contributed by atoms with Crippen molar-refractivity contribution in [3.05, 3.63) is 60.9 Å². The van der Waals surface area contributed by atoms with Gasteiger partial charge in [0.05, 0.1) is 6.61 Å². The molecule has 3 aromatic rings. The summed E-state index contributed by atoms with van der Waals surface area (Å²) in [6, 6.07) is 15.6. The zero-order valence-corrected chi connectivity index (χ0v) is 21.9. The lowest BCUT2D eigenvalue weighted by atomic mass is 10.1. The minimum atomic E-state index is -0.923. The minimum Gasteiger partial charge on any atom is -0.494 e. The Kier molecular flexibility index (Phi) is 12.2. The number of hydrogen-bond acceptors (Lipinski definition) is 4. The first-order valence-corrected chi connectivity index (χ1v) is 13.6. The Morgan fingerprint density at radius 3 is 1.86 bits per heavy atom. The van der Waals surface area contributed by atoms with Crippen molar-refractivity contribution >= 4 is 0 Å². The van der Waals surface area contributed by atoms with Crippen LogP contribution in [0.3, 0.4) is 0 Å².